The van der Waals surface area contributed by atoms with E-state index in [9.17, 15) is 22.8 Å². The first-order valence-corrected chi connectivity index (χ1v) is 6.82. The van der Waals surface area contributed by atoms with Crippen molar-refractivity contribution in [2.24, 2.45) is 11.8 Å². The van der Waals surface area contributed by atoms with Crippen molar-refractivity contribution >= 4 is 11.9 Å². The summed E-state index contributed by atoms with van der Waals surface area (Å²) in [6, 6.07) is -0.522. The molecule has 1 fully saturated rings. The number of carboxylic acid groups (broad SMARTS) is 1. The van der Waals surface area contributed by atoms with Crippen LogP contribution < -0.4 is 5.32 Å². The van der Waals surface area contributed by atoms with E-state index in [1.807, 2.05) is 0 Å². The fourth-order valence-electron chi connectivity index (χ4n) is 2.55. The predicted octanol–water partition coefficient (Wildman–Crippen LogP) is 2.72. The zero-order valence-electron chi connectivity index (χ0n) is 11.4. The molecule has 0 bridgehead atoms. The van der Waals surface area contributed by atoms with Crippen LogP contribution in [0.5, 0.6) is 0 Å². The molecule has 20 heavy (non-hydrogen) atoms. The molecular formula is C13H20F3NO3. The number of carbonyl (C=O) groups is 2. The summed E-state index contributed by atoms with van der Waals surface area (Å²) in [7, 11) is 0. The maximum Gasteiger partial charge on any atom is 0.391 e. The van der Waals surface area contributed by atoms with E-state index in [4.69, 9.17) is 5.11 Å². The van der Waals surface area contributed by atoms with Gasteiger partial charge in [-0.1, -0.05) is 13.3 Å². The third-order valence-electron chi connectivity index (χ3n) is 3.77. The minimum atomic E-state index is -4.26. The van der Waals surface area contributed by atoms with Gasteiger partial charge in [-0.05, 0) is 25.7 Å². The second-order valence-electron chi connectivity index (χ2n) is 5.31. The summed E-state index contributed by atoms with van der Waals surface area (Å²) in [6.45, 7) is 1.73. The molecule has 0 radical (unpaired) electrons. The van der Waals surface area contributed by atoms with Crippen molar-refractivity contribution in [3.8, 4) is 0 Å². The molecule has 0 saturated heterocycles. The van der Waals surface area contributed by atoms with Gasteiger partial charge in [-0.2, -0.15) is 13.2 Å². The summed E-state index contributed by atoms with van der Waals surface area (Å²) >= 11 is 0. The van der Waals surface area contributed by atoms with Gasteiger partial charge in [0.05, 0.1) is 12.3 Å². The minimum absolute atomic E-state index is 0.0691. The first-order valence-electron chi connectivity index (χ1n) is 6.82. The van der Waals surface area contributed by atoms with Crippen molar-refractivity contribution in [2.45, 2.75) is 57.7 Å². The maximum atomic E-state index is 12.7. The van der Waals surface area contributed by atoms with Gasteiger partial charge in [0.15, 0.2) is 0 Å². The van der Waals surface area contributed by atoms with E-state index in [0.29, 0.717) is 19.3 Å². The van der Waals surface area contributed by atoms with Crippen LogP contribution in [-0.4, -0.2) is 29.2 Å². The average molecular weight is 295 g/mol. The number of amides is 1. The number of alkyl halides is 3. The summed E-state index contributed by atoms with van der Waals surface area (Å²) in [6.07, 6.45) is -3.35. The molecule has 0 aromatic carbocycles. The fraction of sp³-hybridized carbons (Fsp3) is 0.846. The Kier molecular flexibility index (Phi) is 5.83. The highest BCUT2D eigenvalue weighted by Crippen LogP contribution is 2.39. The largest absolute Gasteiger partial charge is 0.481 e. The summed E-state index contributed by atoms with van der Waals surface area (Å²) in [5.74, 6) is -3.58. The Labute approximate surface area is 115 Å². The smallest absolute Gasteiger partial charge is 0.391 e. The van der Waals surface area contributed by atoms with E-state index in [0.717, 1.165) is 0 Å². The Balaban J connectivity index is 2.56. The van der Waals surface area contributed by atoms with Gasteiger partial charge in [0.25, 0.3) is 0 Å². The Hall–Kier alpha value is -1.27. The summed E-state index contributed by atoms with van der Waals surface area (Å²) < 4.78 is 38.0. The molecule has 2 N–H and O–H groups in total. The number of aliphatic carboxylic acids is 1. The molecule has 116 valence electrons. The Morgan fingerprint density at radius 3 is 2.50 bits per heavy atom. The van der Waals surface area contributed by atoms with E-state index in [-0.39, 0.29) is 19.3 Å². The lowest BCUT2D eigenvalue weighted by Gasteiger charge is -2.30. The number of carboxylic acids is 1. The van der Waals surface area contributed by atoms with E-state index in [1.165, 1.54) is 0 Å². The Bertz CT molecular complexity index is 357. The highest BCUT2D eigenvalue weighted by Gasteiger charge is 2.43. The zero-order valence-corrected chi connectivity index (χ0v) is 11.4. The van der Waals surface area contributed by atoms with Crippen LogP contribution in [0.25, 0.3) is 0 Å². The minimum Gasteiger partial charge on any atom is -0.481 e. The van der Waals surface area contributed by atoms with E-state index in [2.05, 4.69) is 5.32 Å². The second-order valence-corrected chi connectivity index (χ2v) is 5.31. The average Bonchev–Trinajstić information content (AvgIpc) is 2.36. The van der Waals surface area contributed by atoms with Crippen LogP contribution in [0.3, 0.4) is 0 Å². The van der Waals surface area contributed by atoms with Gasteiger partial charge in [-0.3, -0.25) is 9.59 Å². The van der Waals surface area contributed by atoms with Gasteiger partial charge in [0, 0.05) is 12.0 Å². The third kappa shape index (κ3) is 5.02. The molecule has 7 heteroatoms. The monoisotopic (exact) mass is 295 g/mol. The standard InChI is InChI=1S/C13H20F3NO3/c1-2-10(7-11(18)19)17-12(20)8-4-3-5-9(6-8)13(14,15)16/h8-10H,2-7H2,1H3,(H,17,20)(H,18,19). The quantitative estimate of drug-likeness (QED) is 0.819. The van der Waals surface area contributed by atoms with Crippen LogP contribution in [0.15, 0.2) is 0 Å². The van der Waals surface area contributed by atoms with Crippen molar-refractivity contribution in [3.63, 3.8) is 0 Å². The lowest BCUT2D eigenvalue weighted by Crippen LogP contribution is -2.42. The van der Waals surface area contributed by atoms with Crippen LogP contribution in [0.1, 0.15) is 45.4 Å². The van der Waals surface area contributed by atoms with E-state index in [1.54, 1.807) is 6.92 Å². The highest BCUT2D eigenvalue weighted by molar-refractivity contribution is 5.79. The summed E-state index contributed by atoms with van der Waals surface area (Å²) in [4.78, 5) is 22.6. The van der Waals surface area contributed by atoms with Crippen LogP contribution in [0.4, 0.5) is 13.2 Å². The predicted molar refractivity (Wildman–Crippen MR) is 66.0 cm³/mol. The van der Waals surface area contributed by atoms with Crippen molar-refractivity contribution in [1.29, 1.82) is 0 Å². The molecule has 1 aliphatic carbocycles. The van der Waals surface area contributed by atoms with E-state index >= 15 is 0 Å². The van der Waals surface area contributed by atoms with Gasteiger partial charge in [0.2, 0.25) is 5.91 Å². The van der Waals surface area contributed by atoms with Gasteiger partial charge in [0.1, 0.15) is 0 Å². The van der Waals surface area contributed by atoms with Crippen molar-refractivity contribution in [3.05, 3.63) is 0 Å². The normalized spacial score (nSPS) is 25.0. The van der Waals surface area contributed by atoms with Gasteiger partial charge < -0.3 is 10.4 Å². The molecule has 3 atom stereocenters. The molecule has 1 aliphatic rings. The second kappa shape index (κ2) is 6.95. The molecule has 1 rings (SSSR count). The molecule has 3 unspecified atom stereocenters. The molecule has 0 aromatic rings. The molecular weight excluding hydrogens is 275 g/mol. The fourth-order valence-corrected chi connectivity index (χ4v) is 2.55. The lowest BCUT2D eigenvalue weighted by molar-refractivity contribution is -0.186. The van der Waals surface area contributed by atoms with Crippen molar-refractivity contribution in [1.82, 2.24) is 5.32 Å². The number of nitrogens with one attached hydrogen (secondary N) is 1. The molecule has 0 aromatic heterocycles. The van der Waals surface area contributed by atoms with Crippen LogP contribution in [0, 0.1) is 11.8 Å². The van der Waals surface area contributed by atoms with Gasteiger partial charge in [-0.15, -0.1) is 0 Å². The van der Waals surface area contributed by atoms with Crippen LogP contribution >= 0.6 is 0 Å². The molecule has 4 nitrogen and oxygen atoms in total. The first-order chi connectivity index (χ1) is 9.24. The summed E-state index contributed by atoms with van der Waals surface area (Å²) in [5.41, 5.74) is 0. The van der Waals surface area contributed by atoms with Crippen molar-refractivity contribution in [2.75, 3.05) is 0 Å². The van der Waals surface area contributed by atoms with Crippen LogP contribution in [0.2, 0.25) is 0 Å². The Morgan fingerprint density at radius 2 is 2.00 bits per heavy atom. The zero-order chi connectivity index (χ0) is 15.3. The van der Waals surface area contributed by atoms with Gasteiger partial charge in [-0.25, -0.2) is 0 Å². The van der Waals surface area contributed by atoms with Crippen molar-refractivity contribution < 1.29 is 27.9 Å². The molecule has 0 aliphatic heterocycles. The number of halogens is 3. The number of rotatable bonds is 5. The molecule has 1 amide bonds. The maximum absolute atomic E-state index is 12.7. The molecule has 0 heterocycles. The molecule has 1 saturated carbocycles. The van der Waals surface area contributed by atoms with E-state index < -0.39 is 35.9 Å². The van der Waals surface area contributed by atoms with Crippen LogP contribution in [-0.2, 0) is 9.59 Å². The SMILES string of the molecule is CCC(CC(=O)O)NC(=O)C1CCCC(C(F)(F)F)C1. The third-order valence-corrected chi connectivity index (χ3v) is 3.77. The lowest BCUT2D eigenvalue weighted by atomic mass is 9.80. The Morgan fingerprint density at radius 1 is 1.35 bits per heavy atom. The first kappa shape index (κ1) is 16.8. The molecule has 0 spiro atoms. The number of hydrogen-bond acceptors (Lipinski definition) is 2. The topological polar surface area (TPSA) is 66.4 Å². The number of hydrogen-bond donors (Lipinski definition) is 2. The summed E-state index contributed by atoms with van der Waals surface area (Å²) in [5, 5.41) is 11.2. The highest BCUT2D eigenvalue weighted by atomic mass is 19.4. The number of carbonyl (C=O) groups excluding carboxylic acids is 1. The van der Waals surface area contributed by atoms with Gasteiger partial charge >= 0.3 is 12.1 Å².